The number of hydrogen-bond donors (Lipinski definition) is 0. The van der Waals surface area contributed by atoms with Crippen LogP contribution in [0.3, 0.4) is 0 Å². The lowest BCUT2D eigenvalue weighted by Gasteiger charge is -2.08. The van der Waals surface area contributed by atoms with Gasteiger partial charge in [-0.3, -0.25) is 0 Å². The van der Waals surface area contributed by atoms with Crippen molar-refractivity contribution in [3.05, 3.63) is 109 Å². The van der Waals surface area contributed by atoms with E-state index in [1.54, 1.807) is 55.5 Å². The highest BCUT2D eigenvalue weighted by atomic mass is 16.5. The summed E-state index contributed by atoms with van der Waals surface area (Å²) >= 11 is 0. The van der Waals surface area contributed by atoms with E-state index >= 15 is 0 Å². The van der Waals surface area contributed by atoms with Gasteiger partial charge in [-0.05, 0) is 60.0 Å². The molecule has 0 radical (unpaired) electrons. The van der Waals surface area contributed by atoms with Crippen molar-refractivity contribution in [3.8, 4) is 22.6 Å². The van der Waals surface area contributed by atoms with E-state index in [9.17, 15) is 14.4 Å². The van der Waals surface area contributed by atoms with Crippen molar-refractivity contribution < 1.29 is 28.6 Å². The van der Waals surface area contributed by atoms with E-state index in [2.05, 4.69) is 13.2 Å². The highest BCUT2D eigenvalue weighted by Crippen LogP contribution is 2.23. The molecule has 3 aromatic rings. The van der Waals surface area contributed by atoms with E-state index in [0.717, 1.165) is 22.8 Å². The van der Waals surface area contributed by atoms with Crippen LogP contribution in [0.1, 0.15) is 22.8 Å². The average Bonchev–Trinajstić information content (AvgIpc) is 2.85. The van der Waals surface area contributed by atoms with E-state index < -0.39 is 17.9 Å². The fourth-order valence-electron chi connectivity index (χ4n) is 2.94. The van der Waals surface area contributed by atoms with Crippen molar-refractivity contribution in [1.29, 1.82) is 0 Å². The van der Waals surface area contributed by atoms with E-state index in [4.69, 9.17) is 14.2 Å². The summed E-state index contributed by atoms with van der Waals surface area (Å²) in [6.45, 7) is 8.72. The molecule has 0 bridgehead atoms. The number of benzene rings is 3. The maximum Gasteiger partial charge on any atom is 0.338 e. The summed E-state index contributed by atoms with van der Waals surface area (Å²) in [4.78, 5) is 35.1. The van der Waals surface area contributed by atoms with Crippen LogP contribution in [0.5, 0.6) is 11.5 Å². The molecule has 0 atom stereocenters. The van der Waals surface area contributed by atoms with Gasteiger partial charge in [-0.1, -0.05) is 49.6 Å². The highest BCUT2D eigenvalue weighted by Gasteiger charge is 2.09. The molecule has 0 saturated heterocycles. The number of rotatable bonds is 9. The number of carbonyl (C=O) groups is 3. The smallest absolute Gasteiger partial charge is 0.338 e. The summed E-state index contributed by atoms with van der Waals surface area (Å²) in [5.41, 5.74) is 3.54. The minimum absolute atomic E-state index is 0.219. The first-order valence-corrected chi connectivity index (χ1v) is 10.5. The molecule has 0 unspecified atom stereocenters. The lowest BCUT2D eigenvalue weighted by Crippen LogP contribution is -2.08. The van der Waals surface area contributed by atoms with E-state index in [-0.39, 0.29) is 6.61 Å². The normalized spacial score (nSPS) is 10.1. The van der Waals surface area contributed by atoms with Gasteiger partial charge in [-0.15, -0.1) is 0 Å². The number of carbonyl (C=O) groups excluding carboxylic acids is 3. The third-order valence-corrected chi connectivity index (χ3v) is 4.80. The summed E-state index contributed by atoms with van der Waals surface area (Å²) in [7, 11) is 0. The molecule has 0 fully saturated rings. The zero-order valence-corrected chi connectivity index (χ0v) is 18.8. The molecule has 0 aromatic heterocycles. The quantitative estimate of drug-likeness (QED) is 0.246. The molecule has 6 heteroatoms. The zero-order valence-electron chi connectivity index (χ0n) is 18.8. The van der Waals surface area contributed by atoms with Crippen LogP contribution in [-0.2, 0) is 20.7 Å². The van der Waals surface area contributed by atoms with Gasteiger partial charge in [0.15, 0.2) is 0 Å². The van der Waals surface area contributed by atoms with Crippen LogP contribution < -0.4 is 9.47 Å². The molecule has 0 saturated carbocycles. The largest absolute Gasteiger partial charge is 0.462 e. The second-order valence-electron chi connectivity index (χ2n) is 7.43. The fourth-order valence-corrected chi connectivity index (χ4v) is 2.94. The van der Waals surface area contributed by atoms with E-state index in [1.165, 1.54) is 0 Å². The first kappa shape index (κ1) is 24.2. The molecule has 3 aromatic carbocycles. The minimum Gasteiger partial charge on any atom is -0.462 e. The van der Waals surface area contributed by atoms with E-state index in [0.29, 0.717) is 29.1 Å². The van der Waals surface area contributed by atoms with Crippen LogP contribution in [-0.4, -0.2) is 24.5 Å². The zero-order chi connectivity index (χ0) is 24.5. The lowest BCUT2D eigenvalue weighted by atomic mass is 10.0. The summed E-state index contributed by atoms with van der Waals surface area (Å²) in [6.07, 6.45) is 1.63. The monoisotopic (exact) mass is 456 g/mol. The molecule has 0 amide bonds. The molecule has 0 aliphatic carbocycles. The molecule has 34 heavy (non-hydrogen) atoms. The van der Waals surface area contributed by atoms with Crippen LogP contribution >= 0.6 is 0 Å². The summed E-state index contributed by atoms with van der Waals surface area (Å²) in [6, 6.07) is 21.1. The molecule has 0 heterocycles. The Morgan fingerprint density at radius 3 is 1.88 bits per heavy atom. The molecule has 0 spiro atoms. The van der Waals surface area contributed by atoms with Gasteiger partial charge in [0.25, 0.3) is 0 Å². The average molecular weight is 456 g/mol. The molecule has 0 aliphatic heterocycles. The van der Waals surface area contributed by atoms with Crippen LogP contribution in [0.4, 0.5) is 0 Å². The minimum atomic E-state index is -0.520. The van der Waals surface area contributed by atoms with Crippen LogP contribution in [0.15, 0.2) is 97.6 Å². The highest BCUT2D eigenvalue weighted by molar-refractivity contribution is 5.90. The summed E-state index contributed by atoms with van der Waals surface area (Å²) < 4.78 is 15.6. The van der Waals surface area contributed by atoms with Gasteiger partial charge < -0.3 is 14.2 Å². The molecule has 6 nitrogen and oxygen atoms in total. The Labute approximate surface area is 198 Å². The number of esters is 3. The molecule has 0 N–H and O–H groups in total. The molecule has 0 aliphatic rings. The molecular formula is C28H24O6. The third-order valence-electron chi connectivity index (χ3n) is 4.80. The van der Waals surface area contributed by atoms with E-state index in [1.807, 2.05) is 24.3 Å². The first-order valence-electron chi connectivity index (χ1n) is 10.5. The van der Waals surface area contributed by atoms with Crippen LogP contribution in [0.2, 0.25) is 0 Å². The topological polar surface area (TPSA) is 78.9 Å². The predicted molar refractivity (Wildman–Crippen MR) is 129 cm³/mol. The Morgan fingerprint density at radius 1 is 0.794 bits per heavy atom. The van der Waals surface area contributed by atoms with Gasteiger partial charge in [-0.25, -0.2) is 14.4 Å². The maximum atomic E-state index is 12.3. The molecular weight excluding hydrogens is 432 g/mol. The van der Waals surface area contributed by atoms with Gasteiger partial charge in [0.05, 0.1) is 12.2 Å². The van der Waals surface area contributed by atoms with Crippen molar-refractivity contribution in [3.63, 3.8) is 0 Å². The van der Waals surface area contributed by atoms with Crippen molar-refractivity contribution in [2.24, 2.45) is 0 Å². The fraction of sp³-hybridized carbons (Fsp3) is 0.107. The van der Waals surface area contributed by atoms with Crippen molar-refractivity contribution in [2.45, 2.75) is 13.3 Å². The Bertz CT molecular complexity index is 1190. The van der Waals surface area contributed by atoms with Crippen molar-refractivity contribution in [2.75, 3.05) is 6.61 Å². The third kappa shape index (κ3) is 6.77. The Balaban J connectivity index is 1.51. The first-order chi connectivity index (χ1) is 16.4. The Kier molecular flexibility index (Phi) is 8.13. The van der Waals surface area contributed by atoms with Gasteiger partial charge in [0.2, 0.25) is 0 Å². The second-order valence-corrected chi connectivity index (χ2v) is 7.43. The maximum absolute atomic E-state index is 12.3. The van der Waals surface area contributed by atoms with Gasteiger partial charge in [0.1, 0.15) is 11.5 Å². The molecule has 172 valence electrons. The van der Waals surface area contributed by atoms with Gasteiger partial charge in [0, 0.05) is 18.1 Å². The van der Waals surface area contributed by atoms with Crippen molar-refractivity contribution >= 4 is 17.9 Å². The Morgan fingerprint density at radius 2 is 1.32 bits per heavy atom. The van der Waals surface area contributed by atoms with Crippen LogP contribution in [0.25, 0.3) is 11.1 Å². The summed E-state index contributed by atoms with van der Waals surface area (Å²) in [5, 5.41) is 0. The van der Waals surface area contributed by atoms with Crippen molar-refractivity contribution in [1.82, 2.24) is 0 Å². The number of hydrogen-bond acceptors (Lipinski definition) is 6. The Hall–Kier alpha value is -4.45. The van der Waals surface area contributed by atoms with Gasteiger partial charge >= 0.3 is 17.9 Å². The predicted octanol–water partition coefficient (Wildman–Crippen LogP) is 5.33. The molecule has 3 rings (SSSR count). The number of ether oxygens (including phenoxy) is 3. The second kappa shape index (κ2) is 11.4. The SMILES string of the molecule is C=CC(=O)Oc1ccc(CCOC(=O)c2ccc(-c3ccc(OC(=O)C(=C)C)cc3)cc2)cc1. The lowest BCUT2D eigenvalue weighted by molar-refractivity contribution is -0.130. The summed E-state index contributed by atoms with van der Waals surface area (Å²) in [5.74, 6) is -0.543. The van der Waals surface area contributed by atoms with Gasteiger partial charge in [-0.2, -0.15) is 0 Å². The van der Waals surface area contributed by atoms with Crippen LogP contribution in [0, 0.1) is 0 Å². The standard InChI is InChI=1S/C28H24O6/c1-4-26(29)33-24-13-5-20(6-14-24)17-18-32-28(31)23-9-7-21(8-10-23)22-11-15-25(16-12-22)34-27(30)19(2)3/h4-16H,1-2,17-18H2,3H3.